The highest BCUT2D eigenvalue weighted by atomic mass is 128. The van der Waals surface area contributed by atoms with Crippen molar-refractivity contribution in [3.63, 3.8) is 0 Å². The molecule has 0 N–H and O–H groups in total. The molecule has 1 aromatic rings. The number of rotatable bonds is 0. The van der Waals surface area contributed by atoms with Gasteiger partial charge in [0.05, 0.1) is 0 Å². The third-order valence-electron chi connectivity index (χ3n) is 5.86. The molecule has 1 aromatic carbocycles. The smallest absolute Gasteiger partial charge is 0.185 e. The molecule has 0 heterocycles. The van der Waals surface area contributed by atoms with Crippen LogP contribution in [-0.2, 0) is 9.59 Å². The van der Waals surface area contributed by atoms with Gasteiger partial charge in [-0.2, -0.15) is 0 Å². The summed E-state index contributed by atoms with van der Waals surface area (Å²) in [4.78, 5) is 22.8. The third-order valence-corrected chi connectivity index (χ3v) is 5.86. The second-order valence-electron chi connectivity index (χ2n) is 6.91. The van der Waals surface area contributed by atoms with Crippen molar-refractivity contribution in [1.82, 2.24) is 0 Å². The van der Waals surface area contributed by atoms with Crippen LogP contribution in [0.2, 0.25) is 0 Å². The van der Waals surface area contributed by atoms with Crippen LogP contribution in [0, 0.1) is 41.5 Å². The quantitative estimate of drug-likeness (QED) is 0.242. The van der Waals surface area contributed by atoms with Crippen LogP contribution >= 0.6 is 37.2 Å². The molecule has 0 saturated carbocycles. The maximum Gasteiger partial charge on any atom is 0.185 e. The highest BCUT2D eigenvalue weighted by Crippen LogP contribution is 2.25. The third kappa shape index (κ3) is 5.27. The molecule has 26 heavy (non-hydrogen) atoms. The van der Waals surface area contributed by atoms with E-state index in [0.717, 1.165) is 0 Å². The van der Waals surface area contributed by atoms with Gasteiger partial charge in [0.25, 0.3) is 0 Å². The summed E-state index contributed by atoms with van der Waals surface area (Å²) in [5.41, 5.74) is 11.1. The Morgan fingerprint density at radius 3 is 0.615 bits per heavy atom. The average molecular weight is 580 g/mol. The van der Waals surface area contributed by atoms with E-state index in [2.05, 4.69) is 78.8 Å². The van der Waals surface area contributed by atoms with Crippen molar-refractivity contribution in [2.45, 2.75) is 69.2 Å². The van der Waals surface area contributed by atoms with Crippen LogP contribution in [0.1, 0.15) is 61.1 Å². The lowest BCUT2D eigenvalue weighted by molar-refractivity contribution is -0.116. The maximum absolute atomic E-state index is 11.4. The lowest BCUT2D eigenvalue weighted by Gasteiger charge is -2.15. The molecule has 2 nitrogen and oxygen atoms in total. The Hall–Kier alpha value is -0.500. The molecule has 0 radical (unpaired) electrons. The van der Waals surface area contributed by atoms with Gasteiger partial charge in [-0.1, -0.05) is 0 Å². The van der Waals surface area contributed by atoms with Crippen LogP contribution in [0.5, 0.6) is 0 Å². The number of Topliss-reactive ketones (excluding diaryl/α,β-unsaturated/α-hetero) is 2. The van der Waals surface area contributed by atoms with E-state index < -0.39 is 0 Å². The number of halogens is 2. The number of carbonyl (C=O) groups is 2. The Morgan fingerprint density at radius 2 is 0.500 bits per heavy atom. The van der Waals surface area contributed by atoms with Gasteiger partial charge in [0.15, 0.2) is 11.6 Å². The Bertz CT molecular complexity index is 630. The van der Waals surface area contributed by atoms with Crippen molar-refractivity contribution in [3.8, 4) is 0 Å². The van der Waals surface area contributed by atoms with E-state index >= 15 is 0 Å². The van der Waals surface area contributed by atoms with Crippen LogP contribution < -0.4 is 0 Å². The molecule has 0 saturated heterocycles. The summed E-state index contributed by atoms with van der Waals surface area (Å²) in [5.74, 6) is 0.00852. The van der Waals surface area contributed by atoms with Gasteiger partial charge in [0.1, 0.15) is 0 Å². The van der Waals surface area contributed by atoms with E-state index in [0.29, 0.717) is 22.3 Å². The highest BCUT2D eigenvalue weighted by Gasteiger charge is 2.24. The average Bonchev–Trinajstić information content (AvgIpc) is 2.66. The molecule has 0 aromatic heterocycles. The van der Waals surface area contributed by atoms with Gasteiger partial charge in [-0.05, 0) is 103 Å². The van der Waals surface area contributed by atoms with Gasteiger partial charge in [-0.3, -0.25) is 9.59 Å². The Labute approximate surface area is 182 Å². The molecule has 0 spiro atoms. The molecule has 4 heteroatoms. The molecule has 2 rings (SSSR count). The number of carbonyl (C=O) groups excluding carboxylic acids is 2. The largest absolute Gasteiger partial charge is 0.289 e. The lowest BCUT2D eigenvalue weighted by atomic mass is 9.87. The Kier molecular flexibility index (Phi) is 10.5. The standard InChI is InChI=1S/C12H18.C10H12O2.I2/c1-7-8(2)10(4)12(6)11(5)9(7)3;1-5-6(2)10(12)8(4)7(3)9(5)11;1-2/h1-6H3;1-4H3;. The molecule has 1 aliphatic rings. The molecule has 1 aliphatic carbocycles. The molecular weight excluding hydrogens is 550 g/mol. The Balaban J connectivity index is 0.000000439. The minimum Gasteiger partial charge on any atom is -0.289 e. The molecule has 0 aliphatic heterocycles. The van der Waals surface area contributed by atoms with Crippen molar-refractivity contribution >= 4 is 48.8 Å². The first-order chi connectivity index (χ1) is 11.9. The Morgan fingerprint density at radius 1 is 0.385 bits per heavy atom. The van der Waals surface area contributed by atoms with Crippen molar-refractivity contribution in [3.05, 3.63) is 55.7 Å². The van der Waals surface area contributed by atoms with Crippen LogP contribution in [0.25, 0.3) is 0 Å². The summed E-state index contributed by atoms with van der Waals surface area (Å²) in [6.07, 6.45) is 0. The summed E-state index contributed by atoms with van der Waals surface area (Å²) < 4.78 is 0. The first kappa shape index (κ1) is 25.5. The zero-order valence-electron chi connectivity index (χ0n) is 17.6. The maximum atomic E-state index is 11.4. The second kappa shape index (κ2) is 10.7. The summed E-state index contributed by atoms with van der Waals surface area (Å²) in [6.45, 7) is 20.1. The van der Waals surface area contributed by atoms with Gasteiger partial charge in [0, 0.05) is 59.5 Å². The van der Waals surface area contributed by atoms with Crippen LogP contribution in [0.4, 0.5) is 0 Å². The molecule has 0 atom stereocenters. The fourth-order valence-corrected chi connectivity index (χ4v) is 2.93. The van der Waals surface area contributed by atoms with Crippen molar-refractivity contribution in [2.75, 3.05) is 0 Å². The van der Waals surface area contributed by atoms with E-state index in [1.165, 1.54) is 33.4 Å². The summed E-state index contributed by atoms with van der Waals surface area (Å²) in [7, 11) is 0. The molecule has 144 valence electrons. The first-order valence-electron chi connectivity index (χ1n) is 8.55. The SMILES string of the molecule is CC1=C(C)C(=O)C(C)=C(C)C1=O.Cc1c(C)c(C)c(C)c(C)c1C.II. The summed E-state index contributed by atoms with van der Waals surface area (Å²) in [6, 6.07) is 0. The molecule has 0 fully saturated rings. The van der Waals surface area contributed by atoms with Gasteiger partial charge in [-0.25, -0.2) is 0 Å². The molecule has 0 amide bonds. The van der Waals surface area contributed by atoms with Gasteiger partial charge < -0.3 is 0 Å². The van der Waals surface area contributed by atoms with E-state index in [1.54, 1.807) is 27.7 Å². The molecule has 0 unspecified atom stereocenters. The fourth-order valence-electron chi connectivity index (χ4n) is 2.93. The highest BCUT2D eigenvalue weighted by molar-refractivity contribution is 15.0. The molecular formula is C22H30I2O2. The van der Waals surface area contributed by atoms with Crippen LogP contribution in [0.15, 0.2) is 22.3 Å². The zero-order valence-corrected chi connectivity index (χ0v) is 21.9. The summed E-state index contributed by atoms with van der Waals surface area (Å²) >= 11 is 4.24. The van der Waals surface area contributed by atoms with E-state index in [4.69, 9.17) is 0 Å². The van der Waals surface area contributed by atoms with Crippen LogP contribution in [-0.4, -0.2) is 11.6 Å². The number of benzene rings is 1. The van der Waals surface area contributed by atoms with Gasteiger partial charge >= 0.3 is 0 Å². The topological polar surface area (TPSA) is 34.1 Å². The predicted molar refractivity (Wildman–Crippen MR) is 130 cm³/mol. The van der Waals surface area contributed by atoms with E-state index in [1.807, 2.05) is 0 Å². The van der Waals surface area contributed by atoms with Crippen molar-refractivity contribution < 1.29 is 9.59 Å². The molecule has 0 bridgehead atoms. The lowest BCUT2D eigenvalue weighted by Crippen LogP contribution is -2.18. The monoisotopic (exact) mass is 580 g/mol. The number of allylic oxidation sites excluding steroid dienone is 4. The minimum absolute atomic E-state index is 0.00426. The normalized spacial score (nSPS) is 14.0. The minimum atomic E-state index is 0.00426. The van der Waals surface area contributed by atoms with E-state index in [-0.39, 0.29) is 11.6 Å². The van der Waals surface area contributed by atoms with Crippen molar-refractivity contribution in [2.24, 2.45) is 0 Å². The van der Waals surface area contributed by atoms with E-state index in [9.17, 15) is 9.59 Å². The number of hydrogen-bond donors (Lipinski definition) is 0. The summed E-state index contributed by atoms with van der Waals surface area (Å²) in [5, 5.41) is 0. The van der Waals surface area contributed by atoms with Gasteiger partial charge in [-0.15, -0.1) is 0 Å². The van der Waals surface area contributed by atoms with Gasteiger partial charge in [0.2, 0.25) is 0 Å². The van der Waals surface area contributed by atoms with Crippen molar-refractivity contribution in [1.29, 1.82) is 0 Å². The zero-order chi connectivity index (χ0) is 20.9. The van der Waals surface area contributed by atoms with Crippen LogP contribution in [0.3, 0.4) is 0 Å². The second-order valence-corrected chi connectivity index (χ2v) is 6.91. The number of ketones is 2. The fraction of sp³-hybridized carbons (Fsp3) is 0.455. The predicted octanol–water partition coefficient (Wildman–Crippen LogP) is 7.12. The first-order valence-corrected chi connectivity index (χ1v) is 14.8. The number of hydrogen-bond acceptors (Lipinski definition) is 2.